The largest absolute Gasteiger partial charge is 0.394 e. The van der Waals surface area contributed by atoms with Crippen molar-refractivity contribution < 1.29 is 223 Å². The highest BCUT2D eigenvalue weighted by atomic mass is 79.9. The Morgan fingerprint density at radius 3 is 0.155 bits per heavy atom. The Balaban J connectivity index is 3.11. The predicted octanol–water partition coefficient (Wildman–Crippen LogP) is 1.14. The first-order valence-electron chi connectivity index (χ1n) is 50.6. The van der Waals surface area contributed by atoms with Crippen molar-refractivity contribution in [1.29, 1.82) is 0 Å². The van der Waals surface area contributed by atoms with E-state index < -0.39 is 0 Å². The third kappa shape index (κ3) is 139. The second-order valence-corrected chi connectivity index (χ2v) is 29.4. The van der Waals surface area contributed by atoms with E-state index in [9.17, 15) is 0 Å². The monoisotopic (exact) mass is 2150 g/mol. The fourth-order valence-electron chi connectivity index (χ4n) is 10.1. The molecular weight excluding hydrogens is 1960 g/mol. The molecule has 0 heterocycles. The van der Waals surface area contributed by atoms with Crippen LogP contribution in [0.3, 0.4) is 0 Å². The molecule has 47 nitrogen and oxygen atoms in total. The minimum Gasteiger partial charge on any atom is -0.394 e. The summed E-state index contributed by atoms with van der Waals surface area (Å²) in [5, 5.41) is 9.46. The highest BCUT2D eigenvalue weighted by Gasteiger charge is 2.07. The number of hydrogen-bond donors (Lipinski definition) is 1. The van der Waals surface area contributed by atoms with Gasteiger partial charge in [0.1, 0.15) is 0 Å². The van der Waals surface area contributed by atoms with E-state index in [1.165, 1.54) is 0 Å². The first-order valence-corrected chi connectivity index (χ1v) is 51.8. The minimum absolute atomic E-state index is 0.0142. The molecule has 0 aromatic carbocycles. The standard InChI is InChI=1S/C94H189BrO47/c95-1-3-97-5-7-99-9-11-101-13-15-103-17-19-105-21-23-107-25-27-109-29-31-111-33-35-113-37-39-115-41-43-117-45-47-119-49-51-121-53-55-123-57-59-125-61-63-127-65-67-129-69-71-131-73-75-133-77-79-135-81-83-137-85-87-139-89-91-141-93-94-142-92-90-140-88-86-138-84-82-136-80-78-134-76-74-132-72-70-130-68-66-128-64-62-126-60-58-124-56-54-122-52-50-120-48-46-118-44-42-116-40-38-114-36-34-112-32-30-110-28-26-108-24-22-106-20-18-104-16-14-102-12-10-100-8-6-98-4-2-96/h96H,1-94H2. The number of aliphatic hydroxyl groups is 1. The molecule has 0 aromatic heterocycles. The summed E-state index contributed by atoms with van der Waals surface area (Å²) in [6, 6.07) is 0. The molecule has 0 saturated carbocycles. The highest BCUT2D eigenvalue weighted by molar-refractivity contribution is 9.09. The molecule has 854 valence electrons. The summed E-state index contributed by atoms with van der Waals surface area (Å²) in [7, 11) is 0. The molecule has 0 bridgehead atoms. The van der Waals surface area contributed by atoms with Crippen LogP contribution in [-0.2, 0) is 218 Å². The quantitative estimate of drug-likeness (QED) is 0.0659. The Morgan fingerprint density at radius 2 is 0.113 bits per heavy atom. The van der Waals surface area contributed by atoms with E-state index in [-0.39, 0.29) is 6.61 Å². The lowest BCUT2D eigenvalue weighted by Gasteiger charge is -2.09. The molecule has 0 rings (SSSR count). The molecule has 0 aliphatic carbocycles. The average Bonchev–Trinajstić information content (AvgIpc) is 1.10. The average molecular weight is 2150 g/mol. The van der Waals surface area contributed by atoms with Crippen molar-refractivity contribution in [2.24, 2.45) is 0 Å². The van der Waals surface area contributed by atoms with Gasteiger partial charge in [0.25, 0.3) is 0 Å². The molecule has 0 fully saturated rings. The van der Waals surface area contributed by atoms with Gasteiger partial charge in [-0.05, 0) is 0 Å². The van der Waals surface area contributed by atoms with Crippen molar-refractivity contribution in [2.75, 3.05) is 620 Å². The van der Waals surface area contributed by atoms with Gasteiger partial charge in [-0.1, -0.05) is 15.9 Å². The maximum atomic E-state index is 8.63. The summed E-state index contributed by atoms with van der Waals surface area (Å²) < 4.78 is 254. The van der Waals surface area contributed by atoms with Crippen molar-refractivity contribution in [3.05, 3.63) is 0 Å². The van der Waals surface area contributed by atoms with E-state index in [1.54, 1.807) is 0 Å². The van der Waals surface area contributed by atoms with Crippen LogP contribution < -0.4 is 0 Å². The van der Waals surface area contributed by atoms with Crippen molar-refractivity contribution in [3.8, 4) is 0 Å². The minimum atomic E-state index is 0.0142. The van der Waals surface area contributed by atoms with Gasteiger partial charge in [0.05, 0.1) is 614 Å². The van der Waals surface area contributed by atoms with Crippen molar-refractivity contribution in [1.82, 2.24) is 0 Å². The molecule has 0 aliphatic heterocycles. The normalized spacial score (nSPS) is 11.9. The van der Waals surface area contributed by atoms with Crippen LogP contribution in [0.1, 0.15) is 0 Å². The number of hydrogen-bond acceptors (Lipinski definition) is 47. The summed E-state index contributed by atoms with van der Waals surface area (Å²) in [4.78, 5) is 0. The van der Waals surface area contributed by atoms with E-state index in [0.29, 0.717) is 608 Å². The summed E-state index contributed by atoms with van der Waals surface area (Å²) in [5.74, 6) is 0. The lowest BCUT2D eigenvalue weighted by molar-refractivity contribution is -0.0330. The lowest BCUT2D eigenvalue weighted by atomic mass is 10.6. The van der Waals surface area contributed by atoms with Crippen LogP contribution >= 0.6 is 15.9 Å². The number of aliphatic hydroxyl groups excluding tert-OH is 1. The molecule has 0 amide bonds. The zero-order valence-electron chi connectivity index (χ0n) is 86.1. The van der Waals surface area contributed by atoms with Gasteiger partial charge in [-0.25, -0.2) is 0 Å². The van der Waals surface area contributed by atoms with Gasteiger partial charge >= 0.3 is 0 Å². The van der Waals surface area contributed by atoms with Crippen LogP contribution in [0.5, 0.6) is 0 Å². The Kier molecular flexibility index (Phi) is 138. The predicted molar refractivity (Wildman–Crippen MR) is 519 cm³/mol. The third-order valence-corrected chi connectivity index (χ3v) is 17.5. The molecule has 1 N–H and O–H groups in total. The van der Waals surface area contributed by atoms with Crippen LogP contribution in [0.4, 0.5) is 0 Å². The summed E-state index contributed by atoms with van der Waals surface area (Å²) in [5.41, 5.74) is 0. The maximum absolute atomic E-state index is 8.63. The first-order chi connectivity index (χ1) is 70.9. The smallest absolute Gasteiger partial charge is 0.0701 e. The van der Waals surface area contributed by atoms with E-state index in [4.69, 9.17) is 223 Å². The number of rotatable bonds is 139. The molecule has 142 heavy (non-hydrogen) atoms. The number of halogens is 1. The van der Waals surface area contributed by atoms with Crippen molar-refractivity contribution in [3.63, 3.8) is 0 Å². The summed E-state index contributed by atoms with van der Waals surface area (Å²) in [6.45, 7) is 44.4. The van der Waals surface area contributed by atoms with Gasteiger partial charge < -0.3 is 223 Å². The Morgan fingerprint density at radius 1 is 0.0704 bits per heavy atom. The van der Waals surface area contributed by atoms with Crippen LogP contribution in [0.25, 0.3) is 0 Å². The second kappa shape index (κ2) is 140. The molecule has 0 aromatic rings. The number of ether oxygens (including phenoxy) is 46. The number of alkyl halides is 1. The lowest BCUT2D eigenvalue weighted by Crippen LogP contribution is -2.16. The van der Waals surface area contributed by atoms with E-state index in [1.807, 2.05) is 0 Å². The van der Waals surface area contributed by atoms with Crippen LogP contribution in [0.2, 0.25) is 0 Å². The molecule has 48 heteroatoms. The van der Waals surface area contributed by atoms with Gasteiger partial charge in [0.2, 0.25) is 0 Å². The zero-order valence-corrected chi connectivity index (χ0v) is 87.7. The third-order valence-electron chi connectivity index (χ3n) is 17.2. The SMILES string of the molecule is OCCOCCOCCOCCOCCOCCOCCOCCOCCOCCOCCOCCOCCOCCOCCOCCOCCOCCOCCOCCOCCOCCOCCOCCOCCOCCOCCOCCOCCOCCOCCOCCOCCOCCOCCOCCOCCOCCOCCOCCOCCOCCOCCOCCOCCOCCOCCBr. The maximum Gasteiger partial charge on any atom is 0.0701 e. The van der Waals surface area contributed by atoms with Crippen LogP contribution in [0.15, 0.2) is 0 Å². The summed E-state index contributed by atoms with van der Waals surface area (Å²) in [6.07, 6.45) is 0. The molecular formula is C94H189BrO47. The Bertz CT molecular complexity index is 1810. The Labute approximate surface area is 855 Å². The van der Waals surface area contributed by atoms with Gasteiger partial charge in [-0.15, -0.1) is 0 Å². The molecule has 0 atom stereocenters. The Hall–Kier alpha value is -1.40. The molecule has 0 saturated heterocycles. The van der Waals surface area contributed by atoms with Gasteiger partial charge in [0.15, 0.2) is 0 Å². The van der Waals surface area contributed by atoms with E-state index in [2.05, 4.69) is 15.9 Å². The van der Waals surface area contributed by atoms with E-state index in [0.717, 1.165) is 5.33 Å². The zero-order chi connectivity index (χ0) is 101. The van der Waals surface area contributed by atoms with Gasteiger partial charge in [0, 0.05) is 5.33 Å². The highest BCUT2D eigenvalue weighted by Crippen LogP contribution is 1.98. The topological polar surface area (TPSA) is 445 Å². The first kappa shape index (κ1) is 141. The van der Waals surface area contributed by atoms with Crippen molar-refractivity contribution in [2.45, 2.75) is 0 Å². The van der Waals surface area contributed by atoms with Gasteiger partial charge in [-0.2, -0.15) is 0 Å². The molecule has 0 aliphatic rings. The molecule has 0 radical (unpaired) electrons. The fourth-order valence-corrected chi connectivity index (χ4v) is 10.3. The van der Waals surface area contributed by atoms with E-state index >= 15 is 0 Å². The van der Waals surface area contributed by atoms with Crippen LogP contribution in [-0.4, -0.2) is 625 Å². The molecule has 0 spiro atoms. The van der Waals surface area contributed by atoms with Crippen molar-refractivity contribution >= 4 is 15.9 Å². The van der Waals surface area contributed by atoms with Crippen LogP contribution in [0, 0.1) is 0 Å². The summed E-state index contributed by atoms with van der Waals surface area (Å²) >= 11 is 3.31. The molecule has 0 unspecified atom stereocenters. The fraction of sp³-hybridized carbons (Fsp3) is 1.00. The van der Waals surface area contributed by atoms with Gasteiger partial charge in [-0.3, -0.25) is 0 Å². The second-order valence-electron chi connectivity index (χ2n) is 28.6.